The van der Waals surface area contributed by atoms with Gasteiger partial charge in [-0.3, -0.25) is 0 Å². The van der Waals surface area contributed by atoms with E-state index in [1.54, 1.807) is 0 Å². The first-order chi connectivity index (χ1) is 8.18. The van der Waals surface area contributed by atoms with Gasteiger partial charge in [-0.1, -0.05) is 12.8 Å². The molecule has 0 aliphatic heterocycles. The monoisotopic (exact) mass is 246 g/mol. The molecule has 2 saturated carbocycles. The summed E-state index contributed by atoms with van der Waals surface area (Å²) in [7, 11) is 0. The Morgan fingerprint density at radius 1 is 0.706 bits per heavy atom. The normalized spacial score (nSPS) is 27.9. The van der Waals surface area contributed by atoms with E-state index in [1.165, 1.54) is 0 Å². The molecule has 2 N–H and O–H groups in total. The molecule has 0 aromatic rings. The summed E-state index contributed by atoms with van der Waals surface area (Å²) < 4.78 is 0. The van der Waals surface area contributed by atoms with Crippen LogP contribution in [-0.4, -0.2) is 21.9 Å². The van der Waals surface area contributed by atoms with Gasteiger partial charge >= 0.3 is 0 Å². The van der Waals surface area contributed by atoms with Crippen LogP contribution in [0.25, 0.3) is 0 Å². The molecule has 0 unspecified atom stereocenters. The van der Waals surface area contributed by atoms with Crippen molar-refractivity contribution in [1.82, 2.24) is 0 Å². The molecular weight excluding hydrogens is 224 g/mol. The zero-order valence-electron chi connectivity index (χ0n) is 10.2. The summed E-state index contributed by atoms with van der Waals surface area (Å²) in [4.78, 5) is 14.9. The Morgan fingerprint density at radius 3 is 1.76 bits per heavy atom. The minimum Gasteiger partial charge on any atom is -0.363 e. The fourth-order valence-corrected chi connectivity index (χ4v) is 2.62. The molecule has 5 heteroatoms. The topological polar surface area (TPSA) is 68.2 Å². The second-order valence-corrected chi connectivity index (χ2v) is 5.24. The molecule has 2 fully saturated rings. The maximum Gasteiger partial charge on any atom is 0.233 e. The average molecular weight is 246 g/mol. The van der Waals surface area contributed by atoms with E-state index in [0.29, 0.717) is 25.7 Å². The fourth-order valence-electron chi connectivity index (χ4n) is 2.62. The van der Waals surface area contributed by atoms with Gasteiger partial charge in [0.15, 0.2) is 5.79 Å². The minimum atomic E-state index is -1.21. The largest absolute Gasteiger partial charge is 0.363 e. The van der Waals surface area contributed by atoms with E-state index in [1.807, 2.05) is 0 Å². The number of hydrogen-bond donors (Lipinski definition) is 2. The molecule has 2 aliphatic rings. The summed E-state index contributed by atoms with van der Waals surface area (Å²) in [5.41, 5.74) is 0. The summed E-state index contributed by atoms with van der Waals surface area (Å²) in [6.07, 6.45) is 8.32. The van der Waals surface area contributed by atoms with Gasteiger partial charge in [0, 0.05) is 25.7 Å². The van der Waals surface area contributed by atoms with Crippen molar-refractivity contribution in [2.75, 3.05) is 0 Å². The van der Waals surface area contributed by atoms with Crippen LogP contribution < -0.4 is 0 Å². The summed E-state index contributed by atoms with van der Waals surface area (Å²) in [5.74, 6) is -2.29. The molecule has 5 nitrogen and oxygen atoms in total. The van der Waals surface area contributed by atoms with Crippen LogP contribution >= 0.6 is 0 Å². The maximum absolute atomic E-state index is 10.1. The molecule has 0 atom stereocenters. The highest BCUT2D eigenvalue weighted by atomic mass is 17.3. The van der Waals surface area contributed by atoms with Gasteiger partial charge in [-0.2, -0.15) is 9.78 Å². The number of hydrogen-bond acceptors (Lipinski definition) is 5. The second kappa shape index (κ2) is 5.63. The Kier molecular flexibility index (Phi) is 4.38. The van der Waals surface area contributed by atoms with E-state index in [9.17, 15) is 5.11 Å². The summed E-state index contributed by atoms with van der Waals surface area (Å²) >= 11 is 0. The lowest BCUT2D eigenvalue weighted by molar-refractivity contribution is -0.548. The first-order valence-corrected chi connectivity index (χ1v) is 6.60. The van der Waals surface area contributed by atoms with Crippen LogP contribution in [-0.2, 0) is 14.7 Å². The molecule has 2 rings (SSSR count). The van der Waals surface area contributed by atoms with E-state index in [2.05, 4.69) is 4.89 Å². The van der Waals surface area contributed by atoms with Gasteiger partial charge in [0.2, 0.25) is 5.79 Å². The van der Waals surface area contributed by atoms with E-state index in [-0.39, 0.29) is 0 Å². The van der Waals surface area contributed by atoms with E-state index < -0.39 is 11.6 Å². The highest BCUT2D eigenvalue weighted by Crippen LogP contribution is 2.36. The van der Waals surface area contributed by atoms with Crippen LogP contribution in [0.3, 0.4) is 0 Å². The van der Waals surface area contributed by atoms with Gasteiger partial charge in [0.1, 0.15) is 0 Å². The lowest BCUT2D eigenvalue weighted by atomic mass is 9.94. The highest BCUT2D eigenvalue weighted by Gasteiger charge is 2.40. The third-order valence-corrected chi connectivity index (χ3v) is 3.77. The third kappa shape index (κ3) is 3.39. The number of rotatable bonds is 4. The summed E-state index contributed by atoms with van der Waals surface area (Å²) in [6.45, 7) is 0. The predicted octanol–water partition coefficient (Wildman–Crippen LogP) is 2.74. The Labute approximate surface area is 102 Å². The molecule has 100 valence electrons. The molecule has 0 amide bonds. The quantitative estimate of drug-likeness (QED) is 0.453. The van der Waals surface area contributed by atoms with Crippen LogP contribution in [0.2, 0.25) is 0 Å². The van der Waals surface area contributed by atoms with Crippen molar-refractivity contribution in [3.8, 4) is 0 Å². The Balaban J connectivity index is 1.86. The van der Waals surface area contributed by atoms with Gasteiger partial charge < -0.3 is 5.11 Å². The van der Waals surface area contributed by atoms with E-state index in [0.717, 1.165) is 38.5 Å². The Hall–Kier alpha value is -0.200. The predicted molar refractivity (Wildman–Crippen MR) is 59.7 cm³/mol. The molecule has 0 bridgehead atoms. The van der Waals surface area contributed by atoms with Crippen LogP contribution in [0.4, 0.5) is 0 Å². The van der Waals surface area contributed by atoms with Gasteiger partial charge in [-0.15, -0.1) is 0 Å². The first-order valence-electron chi connectivity index (χ1n) is 6.60. The van der Waals surface area contributed by atoms with Gasteiger partial charge in [0.25, 0.3) is 0 Å². The van der Waals surface area contributed by atoms with Crippen LogP contribution in [0, 0.1) is 0 Å². The zero-order chi connectivity index (χ0) is 12.2. The van der Waals surface area contributed by atoms with E-state index in [4.69, 9.17) is 15.0 Å². The van der Waals surface area contributed by atoms with Crippen molar-refractivity contribution < 1.29 is 25.0 Å². The van der Waals surface area contributed by atoms with Crippen LogP contribution in [0.5, 0.6) is 0 Å². The molecule has 0 spiro atoms. The first kappa shape index (κ1) is 13.2. The molecular formula is C12H22O5. The molecule has 17 heavy (non-hydrogen) atoms. The third-order valence-electron chi connectivity index (χ3n) is 3.77. The SMILES string of the molecule is OOC1(OOC2(O)CCCCC2)CCCCC1. The second-order valence-electron chi connectivity index (χ2n) is 5.24. The molecule has 0 heterocycles. The Morgan fingerprint density at radius 2 is 1.24 bits per heavy atom. The smallest absolute Gasteiger partial charge is 0.233 e. The van der Waals surface area contributed by atoms with Crippen molar-refractivity contribution in [2.24, 2.45) is 0 Å². The van der Waals surface area contributed by atoms with Crippen molar-refractivity contribution >= 4 is 0 Å². The minimum absolute atomic E-state index is 0.578. The lowest BCUT2D eigenvalue weighted by Crippen LogP contribution is -2.43. The molecule has 0 radical (unpaired) electrons. The molecule has 0 aromatic carbocycles. The fraction of sp³-hybridized carbons (Fsp3) is 1.00. The molecule has 0 saturated heterocycles. The zero-order valence-corrected chi connectivity index (χ0v) is 10.2. The van der Waals surface area contributed by atoms with Gasteiger partial charge in [-0.25, -0.2) is 10.1 Å². The van der Waals surface area contributed by atoms with Gasteiger partial charge in [0.05, 0.1) is 0 Å². The maximum atomic E-state index is 10.1. The standard InChI is InChI=1S/C12H22O5/c13-11(7-3-1-4-8-11)16-17-12(15-14)9-5-2-6-10-12/h13-14H,1-10H2. The van der Waals surface area contributed by atoms with Crippen molar-refractivity contribution in [3.63, 3.8) is 0 Å². The van der Waals surface area contributed by atoms with Gasteiger partial charge in [-0.05, 0) is 25.7 Å². The molecule has 2 aliphatic carbocycles. The lowest BCUT2D eigenvalue weighted by Gasteiger charge is -2.37. The van der Waals surface area contributed by atoms with Crippen molar-refractivity contribution in [3.05, 3.63) is 0 Å². The highest BCUT2D eigenvalue weighted by molar-refractivity contribution is 4.75. The Bertz CT molecular complexity index is 231. The van der Waals surface area contributed by atoms with Crippen LogP contribution in [0.15, 0.2) is 0 Å². The van der Waals surface area contributed by atoms with E-state index >= 15 is 0 Å². The van der Waals surface area contributed by atoms with Crippen molar-refractivity contribution in [1.29, 1.82) is 0 Å². The average Bonchev–Trinajstić information content (AvgIpc) is 2.39. The van der Waals surface area contributed by atoms with Crippen LogP contribution in [0.1, 0.15) is 64.2 Å². The summed E-state index contributed by atoms with van der Waals surface area (Å²) in [6, 6.07) is 0. The summed E-state index contributed by atoms with van der Waals surface area (Å²) in [5, 5.41) is 19.1. The molecule has 0 aromatic heterocycles. The van der Waals surface area contributed by atoms with Crippen molar-refractivity contribution in [2.45, 2.75) is 75.8 Å². The number of aliphatic hydroxyl groups is 1.